The van der Waals surface area contributed by atoms with Crippen LogP contribution in [-0.2, 0) is 41.2 Å². The molecule has 60 heavy (non-hydrogen) atoms. The highest BCUT2D eigenvalue weighted by atomic mass is 32.1. The zero-order valence-electron chi connectivity index (χ0n) is 33.3. The Labute approximate surface area is 352 Å². The van der Waals surface area contributed by atoms with Gasteiger partial charge in [-0.3, -0.25) is 28.7 Å². The molecule has 5 aromatic rings. The van der Waals surface area contributed by atoms with Crippen molar-refractivity contribution < 1.29 is 37.7 Å². The normalized spacial score (nSPS) is 20.7. The van der Waals surface area contributed by atoms with Crippen LogP contribution in [-0.4, -0.2) is 89.4 Å². The number of carbonyl (C=O) groups is 4. The van der Waals surface area contributed by atoms with Gasteiger partial charge in [-0.15, -0.1) is 11.3 Å². The number of nitrogens with one attached hydrogen (secondary N) is 2. The SMILES string of the molecule is COC[C@H](NP(=O)(Cc1ccc2sc(C(=O)N[C@H]3CCC[C@H]4CC[C@@H](C(=O)N5CC(c6cccnc6)C5)N4C3=O)cc2c1)Oc1ccccc1)C(=O)OCc1ccccc1. The third-order valence-electron chi connectivity index (χ3n) is 11.4. The number of thiophene rings is 1. The van der Waals surface area contributed by atoms with E-state index in [0.29, 0.717) is 42.1 Å². The van der Waals surface area contributed by atoms with Crippen LogP contribution in [0, 0.1) is 0 Å². The zero-order valence-corrected chi connectivity index (χ0v) is 35.0. The quantitative estimate of drug-likeness (QED) is 0.0861. The number of hydrogen-bond acceptors (Lipinski definition) is 10. The number of methoxy groups -OCH3 is 1. The predicted octanol–water partition coefficient (Wildman–Crippen LogP) is 6.68. The average molecular weight is 850 g/mol. The topological polar surface area (TPSA) is 156 Å². The maximum Gasteiger partial charge on any atom is 0.326 e. The molecule has 0 bridgehead atoms. The minimum Gasteiger partial charge on any atom is -0.460 e. The van der Waals surface area contributed by atoms with Crippen LogP contribution in [0.5, 0.6) is 5.75 Å². The van der Waals surface area contributed by atoms with Crippen LogP contribution in [0.2, 0.25) is 0 Å². The fraction of sp³-hybridized carbons (Fsp3) is 0.356. The molecule has 3 saturated heterocycles. The van der Waals surface area contributed by atoms with E-state index in [1.54, 1.807) is 41.4 Å². The lowest BCUT2D eigenvalue weighted by atomic mass is 9.92. The van der Waals surface area contributed by atoms with Crippen molar-refractivity contribution in [1.29, 1.82) is 0 Å². The fourth-order valence-corrected chi connectivity index (χ4v) is 11.3. The van der Waals surface area contributed by atoms with E-state index in [4.69, 9.17) is 14.0 Å². The number of carbonyl (C=O) groups excluding carboxylic acids is 4. The minimum absolute atomic E-state index is 0.0208. The van der Waals surface area contributed by atoms with Crippen LogP contribution in [0.4, 0.5) is 0 Å². The summed E-state index contributed by atoms with van der Waals surface area (Å²) in [5.41, 5.74) is 2.57. The van der Waals surface area contributed by atoms with Gasteiger partial charge in [-0.25, -0.2) is 5.09 Å². The molecule has 3 aliphatic heterocycles. The second-order valence-electron chi connectivity index (χ2n) is 15.6. The Morgan fingerprint density at radius 1 is 0.917 bits per heavy atom. The summed E-state index contributed by atoms with van der Waals surface area (Å²) in [7, 11) is -2.40. The number of hydrogen-bond donors (Lipinski definition) is 2. The number of esters is 1. The predicted molar refractivity (Wildman–Crippen MR) is 228 cm³/mol. The summed E-state index contributed by atoms with van der Waals surface area (Å²) in [6.45, 7) is 1.14. The maximum atomic E-state index is 14.7. The first-order valence-electron chi connectivity index (χ1n) is 20.3. The standard InChI is InChI=1S/C45H48N5O8PS/c1-56-28-38(45(54)57-27-30-10-4-2-5-11-30)48-59(55,58-36-14-6-3-7-15-36)29-31-17-20-40-33(22-31)23-41(60-40)42(51)47-37-16-8-13-35-18-19-39(50(35)43(37)52)44(53)49-25-34(26-49)32-12-9-21-46-24-32/h2-7,9-12,14-15,17,20-24,34-35,37-39H,8,13,16,18-19,25-29H2,1H3,(H,47,51)(H,48,55)/t35-,37-,38-,39-,59?/m0/s1. The van der Waals surface area contributed by atoms with E-state index in [1.165, 1.54) is 18.4 Å². The number of rotatable bonds is 15. The molecule has 3 fully saturated rings. The molecule has 2 N–H and O–H groups in total. The third-order valence-corrected chi connectivity index (χ3v) is 14.5. The van der Waals surface area contributed by atoms with E-state index in [0.717, 1.165) is 40.5 Å². The van der Waals surface area contributed by atoms with E-state index in [1.807, 2.05) is 77.8 Å². The van der Waals surface area contributed by atoms with E-state index in [2.05, 4.69) is 15.4 Å². The number of aromatic nitrogens is 1. The molecule has 2 aromatic heterocycles. The van der Waals surface area contributed by atoms with Gasteiger partial charge in [0.15, 0.2) is 0 Å². The van der Waals surface area contributed by atoms with Gasteiger partial charge in [0.25, 0.3) is 5.91 Å². The lowest BCUT2D eigenvalue weighted by molar-refractivity contribution is -0.148. The molecule has 13 nitrogen and oxygen atoms in total. The number of para-hydroxylation sites is 1. The van der Waals surface area contributed by atoms with Crippen molar-refractivity contribution in [3.63, 3.8) is 0 Å². The smallest absolute Gasteiger partial charge is 0.326 e. The van der Waals surface area contributed by atoms with Gasteiger partial charge in [-0.1, -0.05) is 60.7 Å². The van der Waals surface area contributed by atoms with Crippen molar-refractivity contribution in [1.82, 2.24) is 25.2 Å². The lowest BCUT2D eigenvalue weighted by Crippen LogP contribution is -2.58. The summed E-state index contributed by atoms with van der Waals surface area (Å²) in [5.74, 6) is -0.632. The van der Waals surface area contributed by atoms with Crippen LogP contribution in [0.25, 0.3) is 10.1 Å². The molecule has 15 heteroatoms. The number of likely N-dealkylation sites (tertiary alicyclic amines) is 1. The largest absolute Gasteiger partial charge is 0.460 e. The molecule has 1 unspecified atom stereocenters. The second-order valence-corrected chi connectivity index (χ2v) is 18.8. The molecular formula is C45H48N5O8PS. The van der Waals surface area contributed by atoms with Gasteiger partial charge < -0.3 is 29.1 Å². The second kappa shape index (κ2) is 18.5. The Kier molecular flexibility index (Phi) is 12.7. The molecule has 312 valence electrons. The van der Waals surface area contributed by atoms with Crippen molar-refractivity contribution in [2.24, 2.45) is 0 Å². The molecule has 0 spiro atoms. The summed E-state index contributed by atoms with van der Waals surface area (Å²) < 4.78 is 32.5. The van der Waals surface area contributed by atoms with Crippen molar-refractivity contribution >= 4 is 52.6 Å². The van der Waals surface area contributed by atoms with Crippen molar-refractivity contribution in [3.8, 4) is 5.75 Å². The summed E-state index contributed by atoms with van der Waals surface area (Å²) in [5, 5.41) is 6.71. The molecule has 5 heterocycles. The van der Waals surface area contributed by atoms with Gasteiger partial charge >= 0.3 is 13.5 Å². The van der Waals surface area contributed by atoms with Gasteiger partial charge in [0, 0.05) is 49.3 Å². The van der Waals surface area contributed by atoms with Gasteiger partial charge in [-0.2, -0.15) is 0 Å². The fourth-order valence-electron chi connectivity index (χ4n) is 8.35. The molecule has 0 saturated carbocycles. The Bertz CT molecular complexity index is 2360. The molecular weight excluding hydrogens is 802 g/mol. The summed E-state index contributed by atoms with van der Waals surface area (Å²) in [6, 6.07) is 26.8. The number of nitrogens with zero attached hydrogens (tertiary/aromatic N) is 3. The van der Waals surface area contributed by atoms with Crippen LogP contribution >= 0.6 is 18.9 Å². The summed E-state index contributed by atoms with van der Waals surface area (Å²) >= 11 is 1.30. The van der Waals surface area contributed by atoms with Crippen LogP contribution < -0.4 is 14.9 Å². The third kappa shape index (κ3) is 9.47. The van der Waals surface area contributed by atoms with E-state index >= 15 is 0 Å². The van der Waals surface area contributed by atoms with Gasteiger partial charge in [0.05, 0.1) is 17.6 Å². The average Bonchev–Trinajstić information content (AvgIpc) is 3.83. The Balaban J connectivity index is 0.942. The number of fused-ring (bicyclic) bond motifs is 2. The molecule has 3 amide bonds. The summed E-state index contributed by atoms with van der Waals surface area (Å²) in [4.78, 5) is 63.2. The molecule has 3 aromatic carbocycles. The van der Waals surface area contributed by atoms with Gasteiger partial charge in [-0.05, 0) is 90.6 Å². The Hall–Kier alpha value is -5.40. The highest BCUT2D eigenvalue weighted by Crippen LogP contribution is 2.48. The first-order valence-corrected chi connectivity index (χ1v) is 22.9. The van der Waals surface area contributed by atoms with Crippen LogP contribution in [0.15, 0.2) is 109 Å². The first kappa shape index (κ1) is 41.3. The number of pyridine rings is 1. The van der Waals surface area contributed by atoms with E-state index in [9.17, 15) is 23.7 Å². The van der Waals surface area contributed by atoms with Crippen molar-refractivity contribution in [2.45, 2.75) is 75.0 Å². The molecule has 0 aliphatic carbocycles. The minimum atomic E-state index is -3.85. The first-order chi connectivity index (χ1) is 29.2. The molecule has 8 rings (SSSR count). The number of ether oxygens (including phenoxy) is 2. The highest BCUT2D eigenvalue weighted by molar-refractivity contribution is 7.56. The van der Waals surface area contributed by atoms with Crippen molar-refractivity contribution in [2.75, 3.05) is 26.8 Å². The number of amides is 3. The van der Waals surface area contributed by atoms with Gasteiger partial charge in [0.2, 0.25) is 11.8 Å². The van der Waals surface area contributed by atoms with E-state index < -0.39 is 31.6 Å². The number of benzene rings is 3. The zero-order chi connectivity index (χ0) is 41.6. The van der Waals surface area contributed by atoms with Crippen LogP contribution in [0.3, 0.4) is 0 Å². The Morgan fingerprint density at radius 2 is 1.70 bits per heavy atom. The van der Waals surface area contributed by atoms with Gasteiger partial charge in [0.1, 0.15) is 30.5 Å². The monoisotopic (exact) mass is 849 g/mol. The molecule has 3 aliphatic rings. The lowest BCUT2D eigenvalue weighted by Gasteiger charge is -2.42. The maximum absolute atomic E-state index is 14.7. The molecule has 5 atom stereocenters. The van der Waals surface area contributed by atoms with E-state index in [-0.39, 0.29) is 49.1 Å². The molecule has 0 radical (unpaired) electrons. The van der Waals surface area contributed by atoms with Crippen molar-refractivity contribution in [3.05, 3.63) is 131 Å². The van der Waals surface area contributed by atoms with Crippen LogP contribution in [0.1, 0.15) is 64.4 Å². The highest BCUT2D eigenvalue weighted by Gasteiger charge is 2.47. The summed E-state index contributed by atoms with van der Waals surface area (Å²) in [6.07, 6.45) is 6.92. The Morgan fingerprint density at radius 3 is 2.45 bits per heavy atom.